The van der Waals surface area contributed by atoms with Gasteiger partial charge < -0.3 is 15.8 Å². The number of nitrogens with one attached hydrogen (secondary N) is 1. The molecule has 2 unspecified atom stereocenters. The van der Waals surface area contributed by atoms with Crippen LogP contribution in [0.1, 0.15) is 37.7 Å². The zero-order valence-electron chi connectivity index (χ0n) is 13.7. The van der Waals surface area contributed by atoms with Gasteiger partial charge in [-0.05, 0) is 49.8 Å². The molecule has 2 fully saturated rings. The first-order chi connectivity index (χ1) is 11.5. The first-order valence-corrected chi connectivity index (χ1v) is 9.32. The highest BCUT2D eigenvalue weighted by Gasteiger charge is 2.37. The molecule has 3 rings (SSSR count). The molecule has 4 nitrogen and oxygen atoms in total. The topological polar surface area (TPSA) is 64.4 Å². The van der Waals surface area contributed by atoms with E-state index in [1.165, 1.54) is 0 Å². The molecule has 132 valence electrons. The predicted octanol–water partition coefficient (Wildman–Crippen LogP) is 3.29. The fourth-order valence-corrected chi connectivity index (χ4v) is 4.49. The maximum absolute atomic E-state index is 12.5. The van der Waals surface area contributed by atoms with E-state index in [2.05, 4.69) is 5.32 Å². The van der Waals surface area contributed by atoms with Gasteiger partial charge in [-0.3, -0.25) is 4.79 Å². The lowest BCUT2D eigenvalue weighted by atomic mass is 9.74. The Morgan fingerprint density at radius 1 is 1.29 bits per heavy atom. The van der Waals surface area contributed by atoms with Crippen molar-refractivity contribution in [1.82, 2.24) is 5.32 Å². The second-order valence-corrected chi connectivity index (χ2v) is 7.85. The van der Waals surface area contributed by atoms with Crippen molar-refractivity contribution in [2.45, 2.75) is 43.6 Å². The van der Waals surface area contributed by atoms with Crippen LogP contribution in [0.3, 0.4) is 0 Å². The number of halogens is 2. The molecule has 0 bridgehead atoms. The molecule has 3 N–H and O–H groups in total. The molecule has 1 aliphatic carbocycles. The van der Waals surface area contributed by atoms with Crippen molar-refractivity contribution in [2.24, 2.45) is 11.7 Å². The molecule has 1 saturated heterocycles. The molecule has 0 radical (unpaired) electrons. The molecule has 0 aromatic heterocycles. The third kappa shape index (κ3) is 3.88. The minimum absolute atomic E-state index is 0.0394. The molecule has 2 aliphatic rings. The highest BCUT2D eigenvalue weighted by molar-refractivity contribution is 6.35. The third-order valence-electron chi connectivity index (χ3n) is 5.40. The van der Waals surface area contributed by atoms with E-state index in [0.29, 0.717) is 29.8 Å². The molecular weight excluding hydrogens is 347 g/mol. The van der Waals surface area contributed by atoms with Gasteiger partial charge in [-0.25, -0.2) is 0 Å². The number of hydrogen-bond donors (Lipinski definition) is 2. The fraction of sp³-hybridized carbons (Fsp3) is 0.611. The summed E-state index contributed by atoms with van der Waals surface area (Å²) in [5.41, 5.74) is 6.77. The Morgan fingerprint density at radius 2 is 2.04 bits per heavy atom. The molecule has 6 heteroatoms. The number of amides is 1. The molecule has 1 saturated carbocycles. The van der Waals surface area contributed by atoms with Crippen molar-refractivity contribution in [3.8, 4) is 0 Å². The maximum atomic E-state index is 12.5. The van der Waals surface area contributed by atoms with Gasteiger partial charge >= 0.3 is 0 Å². The third-order valence-corrected chi connectivity index (χ3v) is 5.95. The number of carbonyl (C=O) groups is 1. The van der Waals surface area contributed by atoms with Crippen molar-refractivity contribution >= 4 is 29.1 Å². The Labute approximate surface area is 153 Å². The molecule has 2 atom stereocenters. The van der Waals surface area contributed by atoms with Crippen LogP contribution < -0.4 is 11.1 Å². The number of ether oxygens (including phenoxy) is 1. The van der Waals surface area contributed by atoms with E-state index in [9.17, 15) is 4.79 Å². The van der Waals surface area contributed by atoms with E-state index in [4.69, 9.17) is 33.7 Å². The van der Waals surface area contributed by atoms with Crippen LogP contribution >= 0.6 is 23.2 Å². The second kappa shape index (κ2) is 7.61. The Morgan fingerprint density at radius 3 is 2.67 bits per heavy atom. The van der Waals surface area contributed by atoms with Crippen LogP contribution in [0.15, 0.2) is 18.2 Å². The minimum atomic E-state index is -0.198. The summed E-state index contributed by atoms with van der Waals surface area (Å²) in [6.07, 6.45) is 4.26. The van der Waals surface area contributed by atoms with E-state index in [-0.39, 0.29) is 23.3 Å². The standard InChI is InChI=1S/C18H24Cl2N2O2/c19-13-2-4-15(16(20)10-13)18(5-7-24-8-6-18)11-22-17(23)12-1-3-14(21)9-12/h2,4,10,12,14H,1,3,5-9,11,21H2,(H,22,23). The first kappa shape index (κ1) is 18.0. The average Bonchev–Trinajstić information content (AvgIpc) is 3.00. The van der Waals surface area contributed by atoms with E-state index in [1.54, 1.807) is 6.07 Å². The van der Waals surface area contributed by atoms with Crippen LogP contribution in [0, 0.1) is 5.92 Å². The maximum Gasteiger partial charge on any atom is 0.223 e. The van der Waals surface area contributed by atoms with Crippen LogP contribution in [0.4, 0.5) is 0 Å². The molecule has 1 aromatic rings. The number of benzene rings is 1. The highest BCUT2D eigenvalue weighted by Crippen LogP contribution is 2.39. The zero-order valence-corrected chi connectivity index (χ0v) is 15.2. The van der Waals surface area contributed by atoms with Crippen LogP contribution in [-0.4, -0.2) is 31.7 Å². The Balaban J connectivity index is 1.75. The number of rotatable bonds is 4. The van der Waals surface area contributed by atoms with Crippen LogP contribution in [0.2, 0.25) is 10.0 Å². The predicted molar refractivity (Wildman–Crippen MR) is 96.5 cm³/mol. The smallest absolute Gasteiger partial charge is 0.223 e. The Hall–Kier alpha value is -0.810. The molecule has 1 heterocycles. The second-order valence-electron chi connectivity index (χ2n) is 7.00. The van der Waals surface area contributed by atoms with E-state index in [0.717, 1.165) is 37.7 Å². The average molecular weight is 371 g/mol. The van der Waals surface area contributed by atoms with Gasteiger partial charge in [0, 0.05) is 47.2 Å². The first-order valence-electron chi connectivity index (χ1n) is 8.57. The Kier molecular flexibility index (Phi) is 5.70. The lowest BCUT2D eigenvalue weighted by Crippen LogP contribution is -2.46. The van der Waals surface area contributed by atoms with Gasteiger partial charge in [0.1, 0.15) is 0 Å². The molecule has 1 aliphatic heterocycles. The van der Waals surface area contributed by atoms with Gasteiger partial charge in [-0.1, -0.05) is 29.3 Å². The van der Waals surface area contributed by atoms with Gasteiger partial charge in [0.25, 0.3) is 0 Å². The normalized spacial score (nSPS) is 26.3. The molecular formula is C18H24Cl2N2O2. The van der Waals surface area contributed by atoms with Gasteiger partial charge in [-0.2, -0.15) is 0 Å². The van der Waals surface area contributed by atoms with Gasteiger partial charge in [-0.15, -0.1) is 0 Å². The zero-order chi connectivity index (χ0) is 17.2. The molecule has 0 spiro atoms. The summed E-state index contributed by atoms with van der Waals surface area (Å²) in [6, 6.07) is 5.77. The van der Waals surface area contributed by atoms with Crippen molar-refractivity contribution in [2.75, 3.05) is 19.8 Å². The summed E-state index contributed by atoms with van der Waals surface area (Å²) >= 11 is 12.5. The summed E-state index contributed by atoms with van der Waals surface area (Å²) < 4.78 is 5.53. The molecule has 1 aromatic carbocycles. The Bertz CT molecular complexity index is 603. The van der Waals surface area contributed by atoms with Crippen molar-refractivity contribution < 1.29 is 9.53 Å². The lowest BCUT2D eigenvalue weighted by molar-refractivity contribution is -0.125. The minimum Gasteiger partial charge on any atom is -0.381 e. The van der Waals surface area contributed by atoms with Crippen LogP contribution in [0.25, 0.3) is 0 Å². The van der Waals surface area contributed by atoms with Crippen molar-refractivity contribution in [1.29, 1.82) is 0 Å². The van der Waals surface area contributed by atoms with Gasteiger partial charge in [0.15, 0.2) is 0 Å². The summed E-state index contributed by atoms with van der Waals surface area (Å²) in [5.74, 6) is 0.150. The SMILES string of the molecule is NC1CCC(C(=O)NCC2(c3ccc(Cl)cc3Cl)CCOCC2)C1. The van der Waals surface area contributed by atoms with Gasteiger partial charge in [0.2, 0.25) is 5.91 Å². The molecule has 24 heavy (non-hydrogen) atoms. The summed E-state index contributed by atoms with van der Waals surface area (Å²) in [7, 11) is 0. The van der Waals surface area contributed by atoms with Crippen LogP contribution in [-0.2, 0) is 14.9 Å². The van der Waals surface area contributed by atoms with Crippen molar-refractivity contribution in [3.63, 3.8) is 0 Å². The summed E-state index contributed by atoms with van der Waals surface area (Å²) in [6.45, 7) is 1.91. The van der Waals surface area contributed by atoms with Crippen molar-refractivity contribution in [3.05, 3.63) is 33.8 Å². The lowest BCUT2D eigenvalue weighted by Gasteiger charge is -2.38. The van der Waals surface area contributed by atoms with E-state index < -0.39 is 0 Å². The van der Waals surface area contributed by atoms with E-state index >= 15 is 0 Å². The summed E-state index contributed by atoms with van der Waals surface area (Å²) in [5, 5.41) is 4.43. The monoisotopic (exact) mass is 370 g/mol. The van der Waals surface area contributed by atoms with Crippen LogP contribution in [0.5, 0.6) is 0 Å². The fourth-order valence-electron chi connectivity index (χ4n) is 3.88. The van der Waals surface area contributed by atoms with Gasteiger partial charge in [0.05, 0.1) is 0 Å². The van der Waals surface area contributed by atoms with E-state index in [1.807, 2.05) is 12.1 Å². The quantitative estimate of drug-likeness (QED) is 0.854. The largest absolute Gasteiger partial charge is 0.381 e. The number of hydrogen-bond acceptors (Lipinski definition) is 3. The number of carbonyl (C=O) groups excluding carboxylic acids is 1. The molecule has 1 amide bonds. The highest BCUT2D eigenvalue weighted by atomic mass is 35.5. The summed E-state index contributed by atoms with van der Waals surface area (Å²) in [4.78, 5) is 12.5. The number of nitrogens with two attached hydrogens (primary N) is 1.